The molecule has 3 atom stereocenters. The van der Waals surface area contributed by atoms with E-state index in [1.807, 2.05) is 24.4 Å². The van der Waals surface area contributed by atoms with Gasteiger partial charge in [0, 0.05) is 24.9 Å². The summed E-state index contributed by atoms with van der Waals surface area (Å²) in [6.07, 6.45) is 8.24. The number of carbonyl (C=O) groups excluding carboxylic acids is 1. The number of hydrogen-bond donors (Lipinski definition) is 2. The molecule has 1 aliphatic heterocycles. The van der Waals surface area contributed by atoms with E-state index in [9.17, 15) is 4.79 Å². The molecule has 1 amide bonds. The Morgan fingerprint density at radius 2 is 2.35 bits per heavy atom. The van der Waals surface area contributed by atoms with Crippen LogP contribution >= 0.6 is 0 Å². The van der Waals surface area contributed by atoms with Crippen molar-refractivity contribution < 1.29 is 4.79 Å². The summed E-state index contributed by atoms with van der Waals surface area (Å²) >= 11 is 0. The molecular formula is C17H23N5O. The molecule has 2 aromatic rings. The lowest BCUT2D eigenvalue weighted by molar-refractivity contribution is -0.125. The van der Waals surface area contributed by atoms with Gasteiger partial charge in [-0.2, -0.15) is 0 Å². The quantitative estimate of drug-likeness (QED) is 0.893. The molecule has 2 aromatic heterocycles. The maximum atomic E-state index is 12.8. The van der Waals surface area contributed by atoms with Crippen molar-refractivity contribution in [3.05, 3.63) is 30.6 Å². The second-order valence-corrected chi connectivity index (χ2v) is 7.37. The molecule has 23 heavy (non-hydrogen) atoms. The summed E-state index contributed by atoms with van der Waals surface area (Å²) in [6, 6.07) is 0. The van der Waals surface area contributed by atoms with E-state index >= 15 is 0 Å². The van der Waals surface area contributed by atoms with Crippen LogP contribution in [-0.4, -0.2) is 33.4 Å². The molecule has 2 N–H and O–H groups in total. The van der Waals surface area contributed by atoms with E-state index in [0.717, 1.165) is 30.9 Å². The Bertz CT molecular complexity index is 767. The fourth-order valence-electron chi connectivity index (χ4n) is 4.41. The van der Waals surface area contributed by atoms with Crippen molar-refractivity contribution in [1.82, 2.24) is 25.0 Å². The standard InChI is InChI=1S/C17H23N5O/c1-4-17-10-19-9-12(17)13(17)14(23)21-16(2,3)15-20-8-11-7-18-5-6-22(11)15/h5-8,12-13,19H,4,9-10H2,1-3H3,(H,21,23). The number of fused-ring (bicyclic) bond motifs is 2. The van der Waals surface area contributed by atoms with E-state index in [2.05, 4.69) is 27.5 Å². The Hall–Kier alpha value is -1.95. The number of piperidine rings is 1. The third-order valence-corrected chi connectivity index (χ3v) is 5.74. The summed E-state index contributed by atoms with van der Waals surface area (Å²) in [5, 5.41) is 6.64. The maximum absolute atomic E-state index is 12.8. The zero-order valence-electron chi connectivity index (χ0n) is 13.8. The maximum Gasteiger partial charge on any atom is 0.224 e. The van der Waals surface area contributed by atoms with Crippen LogP contribution in [0.2, 0.25) is 0 Å². The van der Waals surface area contributed by atoms with E-state index in [1.165, 1.54) is 0 Å². The molecule has 4 rings (SSSR count). The lowest BCUT2D eigenvalue weighted by atomic mass is 9.98. The van der Waals surface area contributed by atoms with Crippen molar-refractivity contribution in [1.29, 1.82) is 0 Å². The summed E-state index contributed by atoms with van der Waals surface area (Å²) < 4.78 is 1.98. The van der Waals surface area contributed by atoms with Crippen LogP contribution in [0.25, 0.3) is 5.52 Å². The lowest BCUT2D eigenvalue weighted by Crippen LogP contribution is -2.45. The molecule has 122 valence electrons. The fraction of sp³-hybridized carbons (Fsp3) is 0.588. The van der Waals surface area contributed by atoms with Crippen molar-refractivity contribution in [2.24, 2.45) is 17.3 Å². The Morgan fingerprint density at radius 1 is 1.52 bits per heavy atom. The van der Waals surface area contributed by atoms with Crippen LogP contribution in [0.4, 0.5) is 0 Å². The Morgan fingerprint density at radius 3 is 3.09 bits per heavy atom. The molecule has 0 bridgehead atoms. The van der Waals surface area contributed by atoms with Gasteiger partial charge in [0.05, 0.1) is 23.4 Å². The molecule has 2 aliphatic rings. The van der Waals surface area contributed by atoms with E-state index < -0.39 is 5.54 Å². The largest absolute Gasteiger partial charge is 0.344 e. The van der Waals surface area contributed by atoms with Crippen LogP contribution in [0.5, 0.6) is 0 Å². The van der Waals surface area contributed by atoms with Gasteiger partial charge in [-0.25, -0.2) is 4.98 Å². The number of rotatable bonds is 4. The highest BCUT2D eigenvalue weighted by Gasteiger charge is 2.68. The van der Waals surface area contributed by atoms with Gasteiger partial charge in [-0.15, -0.1) is 0 Å². The molecule has 0 spiro atoms. The fourth-order valence-corrected chi connectivity index (χ4v) is 4.41. The molecule has 1 aliphatic carbocycles. The van der Waals surface area contributed by atoms with E-state index in [4.69, 9.17) is 0 Å². The van der Waals surface area contributed by atoms with Gasteiger partial charge in [0.25, 0.3) is 0 Å². The minimum absolute atomic E-state index is 0.140. The number of imidazole rings is 1. The Kier molecular flexibility index (Phi) is 3.04. The summed E-state index contributed by atoms with van der Waals surface area (Å²) in [5.41, 5.74) is 0.588. The van der Waals surface area contributed by atoms with E-state index in [0.29, 0.717) is 5.92 Å². The highest BCUT2D eigenvalue weighted by molar-refractivity contribution is 5.84. The van der Waals surface area contributed by atoms with Crippen LogP contribution in [0, 0.1) is 17.3 Å². The molecular weight excluding hydrogens is 290 g/mol. The summed E-state index contributed by atoms with van der Waals surface area (Å²) in [7, 11) is 0. The zero-order valence-corrected chi connectivity index (χ0v) is 13.8. The average Bonchev–Trinajstić information content (AvgIpc) is 2.88. The third kappa shape index (κ3) is 2.01. The molecule has 2 fully saturated rings. The first-order chi connectivity index (χ1) is 11.0. The van der Waals surface area contributed by atoms with Crippen molar-refractivity contribution in [3.63, 3.8) is 0 Å². The molecule has 6 heteroatoms. The summed E-state index contributed by atoms with van der Waals surface area (Å²) in [4.78, 5) is 21.5. The average molecular weight is 313 g/mol. The van der Waals surface area contributed by atoms with Gasteiger partial charge in [0.2, 0.25) is 5.91 Å². The minimum Gasteiger partial charge on any atom is -0.344 e. The number of aromatic nitrogens is 3. The van der Waals surface area contributed by atoms with Gasteiger partial charge in [-0.3, -0.25) is 14.2 Å². The smallest absolute Gasteiger partial charge is 0.224 e. The monoisotopic (exact) mass is 313 g/mol. The summed E-state index contributed by atoms with van der Waals surface area (Å²) in [5.74, 6) is 1.62. The second kappa shape index (κ2) is 4.77. The van der Waals surface area contributed by atoms with Crippen LogP contribution in [0.1, 0.15) is 33.0 Å². The number of nitrogens with one attached hydrogen (secondary N) is 2. The second-order valence-electron chi connectivity index (χ2n) is 7.37. The highest BCUT2D eigenvalue weighted by atomic mass is 16.2. The molecule has 1 saturated heterocycles. The first-order valence-electron chi connectivity index (χ1n) is 8.30. The predicted octanol–water partition coefficient (Wildman–Crippen LogP) is 1.33. The normalized spacial score (nSPS) is 29.5. The highest BCUT2D eigenvalue weighted by Crippen LogP contribution is 2.63. The van der Waals surface area contributed by atoms with Gasteiger partial charge in [0.1, 0.15) is 5.82 Å². The zero-order chi connectivity index (χ0) is 16.2. The van der Waals surface area contributed by atoms with Crippen LogP contribution in [-0.2, 0) is 10.3 Å². The molecule has 1 saturated carbocycles. The van der Waals surface area contributed by atoms with Crippen molar-refractivity contribution >= 4 is 11.4 Å². The lowest BCUT2D eigenvalue weighted by Gasteiger charge is -2.26. The van der Waals surface area contributed by atoms with Crippen LogP contribution < -0.4 is 10.6 Å². The van der Waals surface area contributed by atoms with E-state index in [-0.39, 0.29) is 17.2 Å². The Balaban J connectivity index is 1.57. The minimum atomic E-state index is -0.524. The first kappa shape index (κ1) is 14.6. The molecule has 0 radical (unpaired) electrons. The van der Waals surface area contributed by atoms with Gasteiger partial charge in [-0.1, -0.05) is 6.92 Å². The molecule has 3 heterocycles. The van der Waals surface area contributed by atoms with Crippen LogP contribution in [0.15, 0.2) is 24.8 Å². The number of carbonyl (C=O) groups is 1. The van der Waals surface area contributed by atoms with Crippen LogP contribution in [0.3, 0.4) is 0 Å². The third-order valence-electron chi connectivity index (χ3n) is 5.74. The van der Waals surface area contributed by atoms with E-state index in [1.54, 1.807) is 18.6 Å². The predicted molar refractivity (Wildman–Crippen MR) is 86.7 cm³/mol. The van der Waals surface area contributed by atoms with Gasteiger partial charge < -0.3 is 10.6 Å². The number of amides is 1. The number of hydrogen-bond acceptors (Lipinski definition) is 4. The van der Waals surface area contributed by atoms with Crippen molar-refractivity contribution in [2.75, 3.05) is 13.1 Å². The summed E-state index contributed by atoms with van der Waals surface area (Å²) in [6.45, 7) is 8.13. The SMILES string of the molecule is CCC12CNCC1C2C(=O)NC(C)(C)c1ncc2cnccn12. The number of nitrogens with zero attached hydrogens (tertiary/aromatic N) is 3. The first-order valence-corrected chi connectivity index (χ1v) is 8.30. The van der Waals surface area contributed by atoms with Gasteiger partial charge in [-0.05, 0) is 38.1 Å². The van der Waals surface area contributed by atoms with Crippen molar-refractivity contribution in [3.8, 4) is 0 Å². The molecule has 3 unspecified atom stereocenters. The molecule has 0 aromatic carbocycles. The molecule has 6 nitrogen and oxygen atoms in total. The Labute approximate surface area is 135 Å². The van der Waals surface area contributed by atoms with Crippen molar-refractivity contribution in [2.45, 2.75) is 32.7 Å². The van der Waals surface area contributed by atoms with Gasteiger partial charge >= 0.3 is 0 Å². The topological polar surface area (TPSA) is 71.3 Å². The van der Waals surface area contributed by atoms with Gasteiger partial charge in [0.15, 0.2) is 0 Å².